The van der Waals surface area contributed by atoms with Crippen LogP contribution in [0.15, 0.2) is 29.6 Å². The van der Waals surface area contributed by atoms with Gasteiger partial charge in [0.15, 0.2) is 0 Å². The molecule has 0 radical (unpaired) electrons. The summed E-state index contributed by atoms with van der Waals surface area (Å²) in [5, 5.41) is 2.16. The molecule has 1 aliphatic rings. The number of hydrogen-bond donors (Lipinski definition) is 0. The lowest BCUT2D eigenvalue weighted by atomic mass is 10.2. The van der Waals surface area contributed by atoms with Gasteiger partial charge in [-0.15, -0.1) is 11.3 Å². The molecule has 1 aliphatic carbocycles. The average molecular weight is 231 g/mol. The first-order valence-corrected chi connectivity index (χ1v) is 6.96. The molecule has 2 heteroatoms. The molecule has 0 aromatic carbocycles. The Balaban J connectivity index is 2.05. The minimum atomic E-state index is 0.743. The first-order chi connectivity index (χ1) is 7.86. The summed E-state index contributed by atoms with van der Waals surface area (Å²) in [6.45, 7) is 2.23. The van der Waals surface area contributed by atoms with E-state index in [4.69, 9.17) is 0 Å². The van der Waals surface area contributed by atoms with Crippen molar-refractivity contribution in [2.45, 2.75) is 38.6 Å². The summed E-state index contributed by atoms with van der Waals surface area (Å²) in [6.07, 6.45) is 5.50. The van der Waals surface area contributed by atoms with Gasteiger partial charge in [-0.05, 0) is 43.3 Å². The van der Waals surface area contributed by atoms with Gasteiger partial charge < -0.3 is 4.57 Å². The molecule has 1 saturated carbocycles. The number of nitrogens with zero attached hydrogens (tertiary/aromatic N) is 1. The Labute approximate surface area is 101 Å². The molecule has 2 heterocycles. The van der Waals surface area contributed by atoms with E-state index in [0.717, 1.165) is 6.04 Å². The van der Waals surface area contributed by atoms with Crippen LogP contribution in [0.1, 0.15) is 37.4 Å². The lowest BCUT2D eigenvalue weighted by molar-refractivity contribution is 0.516. The number of thiophene rings is 1. The molecular formula is C14H17NS. The predicted octanol–water partition coefficient (Wildman–Crippen LogP) is 4.64. The number of rotatable bonds is 2. The highest BCUT2D eigenvalue weighted by molar-refractivity contribution is 7.13. The second kappa shape index (κ2) is 4.10. The van der Waals surface area contributed by atoms with E-state index in [-0.39, 0.29) is 0 Å². The third-order valence-corrected chi connectivity index (χ3v) is 4.48. The SMILES string of the molecule is Cc1ccc(-c2cccs2)n1C1CCCC1. The van der Waals surface area contributed by atoms with Gasteiger partial charge in [-0.25, -0.2) is 0 Å². The molecule has 84 valence electrons. The van der Waals surface area contributed by atoms with E-state index in [9.17, 15) is 0 Å². The first kappa shape index (κ1) is 10.2. The molecule has 3 rings (SSSR count). The van der Waals surface area contributed by atoms with Gasteiger partial charge in [0.2, 0.25) is 0 Å². The number of aryl methyl sites for hydroxylation is 1. The van der Waals surface area contributed by atoms with Crippen LogP contribution in [0, 0.1) is 6.92 Å². The lowest BCUT2D eigenvalue weighted by Gasteiger charge is -2.18. The smallest absolute Gasteiger partial charge is 0.0586 e. The maximum Gasteiger partial charge on any atom is 0.0586 e. The average Bonchev–Trinajstić information content (AvgIpc) is 2.96. The maximum absolute atomic E-state index is 2.55. The summed E-state index contributed by atoms with van der Waals surface area (Å²) in [5.41, 5.74) is 2.83. The van der Waals surface area contributed by atoms with Crippen molar-refractivity contribution in [1.82, 2.24) is 4.57 Å². The Morgan fingerprint density at radius 1 is 1.19 bits per heavy atom. The summed E-state index contributed by atoms with van der Waals surface area (Å²) in [6, 6.07) is 9.64. The minimum absolute atomic E-state index is 0.743. The summed E-state index contributed by atoms with van der Waals surface area (Å²) in [5.74, 6) is 0. The van der Waals surface area contributed by atoms with Crippen molar-refractivity contribution in [1.29, 1.82) is 0 Å². The molecule has 2 aromatic heterocycles. The molecule has 2 aromatic rings. The second-order valence-corrected chi connectivity index (χ2v) is 5.59. The third kappa shape index (κ3) is 1.61. The maximum atomic E-state index is 2.55. The third-order valence-electron chi connectivity index (χ3n) is 3.59. The zero-order valence-corrected chi connectivity index (χ0v) is 10.5. The zero-order valence-electron chi connectivity index (χ0n) is 9.65. The standard InChI is InChI=1S/C14H17NS/c1-11-8-9-13(14-7-4-10-16-14)15(11)12-5-2-3-6-12/h4,7-10,12H,2-3,5-6H2,1H3. The Hall–Kier alpha value is -1.02. The Morgan fingerprint density at radius 3 is 2.69 bits per heavy atom. The molecule has 16 heavy (non-hydrogen) atoms. The summed E-state index contributed by atoms with van der Waals surface area (Å²) in [7, 11) is 0. The highest BCUT2D eigenvalue weighted by Crippen LogP contribution is 2.36. The van der Waals surface area contributed by atoms with E-state index in [1.54, 1.807) is 0 Å². The molecule has 0 amide bonds. The molecule has 0 atom stereocenters. The van der Waals surface area contributed by atoms with Gasteiger partial charge in [-0.2, -0.15) is 0 Å². The van der Waals surface area contributed by atoms with Crippen molar-refractivity contribution in [2.24, 2.45) is 0 Å². The van der Waals surface area contributed by atoms with Gasteiger partial charge >= 0.3 is 0 Å². The molecule has 0 N–H and O–H groups in total. The molecule has 0 spiro atoms. The monoisotopic (exact) mass is 231 g/mol. The number of aromatic nitrogens is 1. The van der Waals surface area contributed by atoms with Gasteiger partial charge in [-0.3, -0.25) is 0 Å². The summed E-state index contributed by atoms with van der Waals surface area (Å²) in [4.78, 5) is 1.40. The van der Waals surface area contributed by atoms with Crippen LogP contribution < -0.4 is 0 Å². The van der Waals surface area contributed by atoms with Crippen LogP contribution in [0.5, 0.6) is 0 Å². The van der Waals surface area contributed by atoms with Gasteiger partial charge in [0.05, 0.1) is 10.6 Å². The van der Waals surface area contributed by atoms with Gasteiger partial charge in [0, 0.05) is 11.7 Å². The van der Waals surface area contributed by atoms with Crippen molar-refractivity contribution in [3.8, 4) is 10.6 Å². The van der Waals surface area contributed by atoms with Crippen molar-refractivity contribution in [3.05, 3.63) is 35.3 Å². The number of hydrogen-bond acceptors (Lipinski definition) is 1. The molecule has 1 nitrogen and oxygen atoms in total. The highest BCUT2D eigenvalue weighted by atomic mass is 32.1. The fourth-order valence-electron chi connectivity index (χ4n) is 2.82. The van der Waals surface area contributed by atoms with Crippen molar-refractivity contribution in [3.63, 3.8) is 0 Å². The molecule has 0 saturated heterocycles. The Bertz CT molecular complexity index is 461. The molecular weight excluding hydrogens is 214 g/mol. The molecule has 0 bridgehead atoms. The summed E-state index contributed by atoms with van der Waals surface area (Å²) < 4.78 is 2.55. The Kier molecular flexibility index (Phi) is 2.60. The van der Waals surface area contributed by atoms with E-state index in [0.29, 0.717) is 0 Å². The fourth-order valence-corrected chi connectivity index (χ4v) is 3.57. The highest BCUT2D eigenvalue weighted by Gasteiger charge is 2.20. The normalized spacial score (nSPS) is 17.1. The predicted molar refractivity (Wildman–Crippen MR) is 70.0 cm³/mol. The molecule has 0 unspecified atom stereocenters. The van der Waals surface area contributed by atoms with Crippen LogP contribution in [-0.2, 0) is 0 Å². The van der Waals surface area contributed by atoms with Crippen molar-refractivity contribution in [2.75, 3.05) is 0 Å². The lowest BCUT2D eigenvalue weighted by Crippen LogP contribution is -2.07. The van der Waals surface area contributed by atoms with Crippen LogP contribution >= 0.6 is 11.3 Å². The first-order valence-electron chi connectivity index (χ1n) is 6.08. The summed E-state index contributed by atoms with van der Waals surface area (Å²) >= 11 is 1.84. The van der Waals surface area contributed by atoms with Crippen LogP contribution in [-0.4, -0.2) is 4.57 Å². The van der Waals surface area contributed by atoms with E-state index in [2.05, 4.69) is 41.1 Å². The quantitative estimate of drug-likeness (QED) is 0.709. The van der Waals surface area contributed by atoms with E-state index in [1.807, 2.05) is 11.3 Å². The van der Waals surface area contributed by atoms with Crippen molar-refractivity contribution < 1.29 is 0 Å². The van der Waals surface area contributed by atoms with Crippen molar-refractivity contribution >= 4 is 11.3 Å². The minimum Gasteiger partial charge on any atom is -0.341 e. The van der Waals surface area contributed by atoms with Crippen LogP contribution in [0.4, 0.5) is 0 Å². The van der Waals surface area contributed by atoms with E-state index >= 15 is 0 Å². The van der Waals surface area contributed by atoms with Crippen LogP contribution in [0.25, 0.3) is 10.6 Å². The second-order valence-electron chi connectivity index (χ2n) is 4.65. The van der Waals surface area contributed by atoms with Gasteiger partial charge in [0.25, 0.3) is 0 Å². The van der Waals surface area contributed by atoms with Crippen LogP contribution in [0.3, 0.4) is 0 Å². The van der Waals surface area contributed by atoms with E-state index < -0.39 is 0 Å². The topological polar surface area (TPSA) is 4.93 Å². The zero-order chi connectivity index (χ0) is 11.0. The molecule has 1 fully saturated rings. The fraction of sp³-hybridized carbons (Fsp3) is 0.429. The van der Waals surface area contributed by atoms with Gasteiger partial charge in [0.1, 0.15) is 0 Å². The van der Waals surface area contributed by atoms with Gasteiger partial charge in [-0.1, -0.05) is 18.9 Å². The molecule has 0 aliphatic heterocycles. The largest absolute Gasteiger partial charge is 0.341 e. The van der Waals surface area contributed by atoms with E-state index in [1.165, 1.54) is 41.9 Å². The Morgan fingerprint density at radius 2 is 2.00 bits per heavy atom. The van der Waals surface area contributed by atoms with Crippen LogP contribution in [0.2, 0.25) is 0 Å².